The fourth-order valence-corrected chi connectivity index (χ4v) is 3.07. The first kappa shape index (κ1) is 17.0. The summed E-state index contributed by atoms with van der Waals surface area (Å²) >= 11 is 0. The first-order valence-electron chi connectivity index (χ1n) is 8.84. The average Bonchev–Trinajstić information content (AvgIpc) is 2.74. The van der Waals surface area contributed by atoms with Crippen molar-refractivity contribution in [3.05, 3.63) is 60.6 Å². The molecule has 27 heavy (non-hydrogen) atoms. The van der Waals surface area contributed by atoms with Crippen LogP contribution < -0.4 is 10.2 Å². The molecule has 0 saturated heterocycles. The maximum absolute atomic E-state index is 12.7. The lowest BCUT2D eigenvalue weighted by atomic mass is 10.1. The molecule has 0 aliphatic carbocycles. The molecule has 0 fully saturated rings. The van der Waals surface area contributed by atoms with Crippen molar-refractivity contribution in [2.75, 3.05) is 29.9 Å². The third kappa shape index (κ3) is 3.31. The Bertz CT molecular complexity index is 947. The van der Waals surface area contributed by atoms with E-state index < -0.39 is 5.97 Å². The van der Waals surface area contributed by atoms with E-state index in [1.165, 1.54) is 0 Å². The third-order valence-electron chi connectivity index (χ3n) is 4.26. The highest BCUT2D eigenvalue weighted by Crippen LogP contribution is 2.37. The molecule has 1 N–H and O–H groups in total. The second-order valence-electron chi connectivity index (χ2n) is 5.96. The minimum absolute atomic E-state index is 0.254. The molecule has 1 aromatic carbocycles. The number of hydrogen-bond acceptors (Lipinski definition) is 7. The molecule has 1 aliphatic heterocycles. The molecule has 0 atom stereocenters. The van der Waals surface area contributed by atoms with E-state index in [1.807, 2.05) is 42.5 Å². The Balaban J connectivity index is 1.89. The van der Waals surface area contributed by atoms with Crippen LogP contribution in [0.5, 0.6) is 0 Å². The number of esters is 1. The minimum Gasteiger partial charge on any atom is -0.461 e. The number of rotatable bonds is 4. The fourth-order valence-electron chi connectivity index (χ4n) is 3.07. The van der Waals surface area contributed by atoms with Crippen LogP contribution in [0.25, 0.3) is 11.4 Å². The van der Waals surface area contributed by atoms with Crippen LogP contribution >= 0.6 is 0 Å². The first-order chi connectivity index (χ1) is 13.3. The molecule has 0 bridgehead atoms. The van der Waals surface area contributed by atoms with Crippen LogP contribution in [-0.4, -0.2) is 40.6 Å². The normalized spacial score (nSPS) is 12.9. The van der Waals surface area contributed by atoms with Gasteiger partial charge >= 0.3 is 5.97 Å². The predicted molar refractivity (Wildman–Crippen MR) is 103 cm³/mol. The summed E-state index contributed by atoms with van der Waals surface area (Å²) < 4.78 is 5.27. The van der Waals surface area contributed by atoms with Gasteiger partial charge in [-0.25, -0.2) is 14.8 Å². The highest BCUT2D eigenvalue weighted by Gasteiger charge is 2.29. The van der Waals surface area contributed by atoms with Gasteiger partial charge in [0.1, 0.15) is 5.69 Å². The van der Waals surface area contributed by atoms with Crippen LogP contribution in [0.15, 0.2) is 54.9 Å². The van der Waals surface area contributed by atoms with Gasteiger partial charge in [-0.2, -0.15) is 0 Å². The Morgan fingerprint density at radius 1 is 1.15 bits per heavy atom. The quantitative estimate of drug-likeness (QED) is 0.714. The predicted octanol–water partition coefficient (Wildman–Crippen LogP) is 3.28. The summed E-state index contributed by atoms with van der Waals surface area (Å²) in [6.07, 6.45) is 3.35. The summed E-state index contributed by atoms with van der Waals surface area (Å²) in [7, 11) is 0. The first-order valence-corrected chi connectivity index (χ1v) is 8.84. The number of carbonyl (C=O) groups is 1. The largest absolute Gasteiger partial charge is 0.461 e. The number of nitrogens with one attached hydrogen (secondary N) is 1. The van der Waals surface area contributed by atoms with Gasteiger partial charge in [0.15, 0.2) is 17.3 Å². The smallest absolute Gasteiger partial charge is 0.359 e. The topological polar surface area (TPSA) is 80.2 Å². The van der Waals surface area contributed by atoms with Gasteiger partial charge in [0.2, 0.25) is 0 Å². The van der Waals surface area contributed by atoms with Gasteiger partial charge in [-0.05, 0) is 31.2 Å². The number of para-hydroxylation sites is 1. The van der Waals surface area contributed by atoms with E-state index in [1.54, 1.807) is 19.3 Å². The summed E-state index contributed by atoms with van der Waals surface area (Å²) in [5.74, 6) is 0.618. The van der Waals surface area contributed by atoms with Crippen molar-refractivity contribution < 1.29 is 9.53 Å². The van der Waals surface area contributed by atoms with Gasteiger partial charge < -0.3 is 15.0 Å². The Hall–Kier alpha value is -3.48. The van der Waals surface area contributed by atoms with Crippen LogP contribution in [0.3, 0.4) is 0 Å². The monoisotopic (exact) mass is 361 g/mol. The van der Waals surface area contributed by atoms with Crippen molar-refractivity contribution in [1.29, 1.82) is 0 Å². The van der Waals surface area contributed by atoms with E-state index in [9.17, 15) is 4.79 Å². The van der Waals surface area contributed by atoms with E-state index in [0.29, 0.717) is 30.4 Å². The molecular formula is C20H19N5O2. The summed E-state index contributed by atoms with van der Waals surface area (Å²) in [5, 5.41) is 3.29. The Morgan fingerprint density at radius 2 is 1.93 bits per heavy atom. The van der Waals surface area contributed by atoms with Gasteiger partial charge in [0.25, 0.3) is 0 Å². The van der Waals surface area contributed by atoms with Crippen LogP contribution in [0, 0.1) is 0 Å². The number of benzene rings is 1. The third-order valence-corrected chi connectivity index (χ3v) is 4.26. The van der Waals surface area contributed by atoms with Gasteiger partial charge in [-0.1, -0.05) is 18.2 Å². The Labute approximate surface area is 157 Å². The summed E-state index contributed by atoms with van der Waals surface area (Å²) in [6, 6.07) is 13.5. The molecule has 4 rings (SSSR count). The number of pyridine rings is 1. The molecular weight excluding hydrogens is 342 g/mol. The Kier molecular flexibility index (Phi) is 4.65. The number of fused-ring (bicyclic) bond motifs is 1. The van der Waals surface area contributed by atoms with Crippen LogP contribution in [0.2, 0.25) is 0 Å². The summed E-state index contributed by atoms with van der Waals surface area (Å²) in [4.78, 5) is 28.0. The van der Waals surface area contributed by atoms with E-state index in [4.69, 9.17) is 4.74 Å². The van der Waals surface area contributed by atoms with E-state index in [0.717, 1.165) is 11.3 Å². The maximum Gasteiger partial charge on any atom is 0.359 e. The zero-order valence-electron chi connectivity index (χ0n) is 14.9. The fraction of sp³-hybridized carbons (Fsp3) is 0.200. The van der Waals surface area contributed by atoms with E-state index in [-0.39, 0.29) is 12.3 Å². The number of aromatic nitrogens is 3. The van der Waals surface area contributed by atoms with Crippen LogP contribution in [0.4, 0.5) is 17.2 Å². The zero-order chi connectivity index (χ0) is 18.6. The molecule has 0 amide bonds. The Morgan fingerprint density at radius 3 is 2.67 bits per heavy atom. The molecule has 0 spiro atoms. The van der Waals surface area contributed by atoms with E-state index in [2.05, 4.69) is 25.2 Å². The molecule has 0 unspecified atom stereocenters. The number of carbonyl (C=O) groups excluding carboxylic acids is 1. The van der Waals surface area contributed by atoms with Gasteiger partial charge in [0.05, 0.1) is 6.61 Å². The minimum atomic E-state index is -0.462. The highest BCUT2D eigenvalue weighted by molar-refractivity contribution is 5.99. The van der Waals surface area contributed by atoms with Crippen molar-refractivity contribution in [1.82, 2.24) is 15.0 Å². The molecule has 7 heteroatoms. The highest BCUT2D eigenvalue weighted by atomic mass is 16.5. The second-order valence-corrected chi connectivity index (χ2v) is 5.96. The van der Waals surface area contributed by atoms with Crippen LogP contribution in [0.1, 0.15) is 17.4 Å². The van der Waals surface area contributed by atoms with Crippen molar-refractivity contribution in [2.45, 2.75) is 6.92 Å². The molecule has 2 aromatic heterocycles. The second kappa shape index (κ2) is 7.41. The summed E-state index contributed by atoms with van der Waals surface area (Å²) in [6.45, 7) is 3.46. The molecule has 0 radical (unpaired) electrons. The number of ether oxygens (including phenoxy) is 1. The number of hydrogen-bond donors (Lipinski definition) is 1. The van der Waals surface area contributed by atoms with Gasteiger partial charge in [-0.3, -0.25) is 4.98 Å². The molecule has 7 nitrogen and oxygen atoms in total. The molecule has 136 valence electrons. The summed E-state index contributed by atoms with van der Waals surface area (Å²) in [5.41, 5.74) is 2.66. The number of anilines is 3. The van der Waals surface area contributed by atoms with Crippen molar-refractivity contribution in [3.63, 3.8) is 0 Å². The van der Waals surface area contributed by atoms with E-state index >= 15 is 0 Å². The SMILES string of the molecule is CCOC(=O)c1nc(-c2ccncc2)nc2c1N(c1ccccc1)CCN2. The standard InChI is InChI=1S/C20H19N5O2/c1-2-27-20(26)16-17-19(24-18(23-16)14-8-10-21-11-9-14)22-12-13-25(17)15-6-4-3-5-7-15/h3-11H,2,12-13H2,1H3,(H,22,23,24). The van der Waals surface area contributed by atoms with Crippen molar-refractivity contribution in [2.24, 2.45) is 0 Å². The maximum atomic E-state index is 12.7. The van der Waals surface area contributed by atoms with Gasteiger partial charge in [-0.15, -0.1) is 0 Å². The molecule has 1 aliphatic rings. The number of nitrogens with zero attached hydrogens (tertiary/aromatic N) is 4. The molecule has 3 heterocycles. The average molecular weight is 361 g/mol. The lowest BCUT2D eigenvalue weighted by molar-refractivity contribution is 0.0520. The van der Waals surface area contributed by atoms with Crippen LogP contribution in [-0.2, 0) is 4.74 Å². The van der Waals surface area contributed by atoms with Crippen molar-refractivity contribution >= 4 is 23.2 Å². The van der Waals surface area contributed by atoms with Crippen molar-refractivity contribution in [3.8, 4) is 11.4 Å². The molecule has 3 aromatic rings. The lowest BCUT2D eigenvalue weighted by Crippen LogP contribution is -2.33. The van der Waals surface area contributed by atoms with Gasteiger partial charge in [0, 0.05) is 36.7 Å². The lowest BCUT2D eigenvalue weighted by Gasteiger charge is -2.32. The zero-order valence-corrected chi connectivity index (χ0v) is 14.9. The molecule has 0 saturated carbocycles.